The lowest BCUT2D eigenvalue weighted by Gasteiger charge is -2.20. The van der Waals surface area contributed by atoms with Gasteiger partial charge in [0.25, 0.3) is 0 Å². The Morgan fingerprint density at radius 1 is 1.32 bits per heavy atom. The molecule has 19 heavy (non-hydrogen) atoms. The Morgan fingerprint density at radius 2 is 2.11 bits per heavy atom. The normalized spacial score (nSPS) is 10.3. The Hall–Kier alpha value is -2.30. The van der Waals surface area contributed by atoms with Gasteiger partial charge in [-0.05, 0) is 12.5 Å². The van der Waals surface area contributed by atoms with E-state index in [2.05, 4.69) is 35.1 Å². The fourth-order valence-corrected chi connectivity index (χ4v) is 2.00. The number of hydrogen-bond acceptors (Lipinski definition) is 5. The molecule has 0 atom stereocenters. The summed E-state index contributed by atoms with van der Waals surface area (Å²) >= 11 is 0. The van der Waals surface area contributed by atoms with Gasteiger partial charge in [-0.25, -0.2) is 4.98 Å². The van der Waals surface area contributed by atoms with Crippen LogP contribution in [-0.2, 0) is 6.54 Å². The number of rotatable bonds is 4. The molecular weight excluding hydrogens is 240 g/mol. The van der Waals surface area contributed by atoms with E-state index in [1.54, 1.807) is 7.11 Å². The lowest BCUT2D eigenvalue weighted by Crippen LogP contribution is -2.19. The van der Waals surface area contributed by atoms with Crippen LogP contribution in [0.3, 0.4) is 0 Å². The van der Waals surface area contributed by atoms with Crippen molar-refractivity contribution < 1.29 is 4.74 Å². The first-order chi connectivity index (χ1) is 9.11. The number of aromatic nitrogens is 2. The SMILES string of the molecule is COc1ncnc(N(C)Cc2cccc(C)c2)c1N. The molecular formula is C14H18N4O. The van der Waals surface area contributed by atoms with Crippen LogP contribution in [0.1, 0.15) is 11.1 Å². The van der Waals surface area contributed by atoms with Gasteiger partial charge in [0, 0.05) is 13.6 Å². The molecule has 0 unspecified atom stereocenters. The minimum Gasteiger partial charge on any atom is -0.479 e. The van der Waals surface area contributed by atoms with Gasteiger partial charge in [-0.2, -0.15) is 4.98 Å². The number of hydrogen-bond donors (Lipinski definition) is 1. The van der Waals surface area contributed by atoms with E-state index in [1.165, 1.54) is 17.5 Å². The molecule has 5 nitrogen and oxygen atoms in total. The zero-order valence-corrected chi connectivity index (χ0v) is 11.4. The molecule has 100 valence electrons. The van der Waals surface area contributed by atoms with Crippen LogP contribution in [0.5, 0.6) is 5.88 Å². The first-order valence-electron chi connectivity index (χ1n) is 6.03. The highest BCUT2D eigenvalue weighted by Gasteiger charge is 2.12. The van der Waals surface area contributed by atoms with Crippen LogP contribution in [0.25, 0.3) is 0 Å². The van der Waals surface area contributed by atoms with Gasteiger partial charge >= 0.3 is 0 Å². The molecule has 0 aliphatic heterocycles. The molecule has 1 heterocycles. The maximum Gasteiger partial charge on any atom is 0.242 e. The van der Waals surface area contributed by atoms with Crippen LogP contribution >= 0.6 is 0 Å². The Balaban J connectivity index is 2.23. The fourth-order valence-electron chi connectivity index (χ4n) is 2.00. The van der Waals surface area contributed by atoms with Gasteiger partial charge in [-0.1, -0.05) is 29.8 Å². The van der Waals surface area contributed by atoms with Gasteiger partial charge in [0.05, 0.1) is 7.11 Å². The first kappa shape index (κ1) is 13.1. The highest BCUT2D eigenvalue weighted by atomic mass is 16.5. The van der Waals surface area contributed by atoms with Crippen LogP contribution in [0.15, 0.2) is 30.6 Å². The molecule has 0 saturated heterocycles. The van der Waals surface area contributed by atoms with Crippen molar-refractivity contribution in [3.05, 3.63) is 41.7 Å². The van der Waals surface area contributed by atoms with Crippen LogP contribution in [0.4, 0.5) is 11.5 Å². The highest BCUT2D eigenvalue weighted by molar-refractivity contribution is 5.67. The van der Waals surface area contributed by atoms with Crippen molar-refractivity contribution in [2.45, 2.75) is 13.5 Å². The number of ether oxygens (including phenoxy) is 1. The largest absolute Gasteiger partial charge is 0.479 e. The Morgan fingerprint density at radius 3 is 2.79 bits per heavy atom. The van der Waals surface area contributed by atoms with E-state index in [0.717, 1.165) is 6.54 Å². The Labute approximate surface area is 113 Å². The minimum atomic E-state index is 0.404. The topological polar surface area (TPSA) is 64.3 Å². The molecule has 0 radical (unpaired) electrons. The van der Waals surface area contributed by atoms with Crippen molar-refractivity contribution in [2.24, 2.45) is 0 Å². The zero-order valence-electron chi connectivity index (χ0n) is 11.4. The molecule has 0 spiro atoms. The summed E-state index contributed by atoms with van der Waals surface area (Å²) in [6.07, 6.45) is 1.46. The number of aryl methyl sites for hydroxylation is 1. The van der Waals surface area contributed by atoms with E-state index in [4.69, 9.17) is 10.5 Å². The third-order valence-corrected chi connectivity index (χ3v) is 2.88. The van der Waals surface area contributed by atoms with Gasteiger partial charge in [-0.3, -0.25) is 0 Å². The predicted octanol–water partition coefficient (Wildman–Crippen LogP) is 2.01. The van der Waals surface area contributed by atoms with E-state index < -0.39 is 0 Å². The maximum absolute atomic E-state index is 5.99. The lowest BCUT2D eigenvalue weighted by molar-refractivity contribution is 0.399. The molecule has 0 aliphatic carbocycles. The molecule has 1 aromatic carbocycles. The Bertz CT molecular complexity index is 571. The summed E-state index contributed by atoms with van der Waals surface area (Å²) in [4.78, 5) is 10.2. The van der Waals surface area contributed by atoms with E-state index in [0.29, 0.717) is 17.4 Å². The fraction of sp³-hybridized carbons (Fsp3) is 0.286. The summed E-state index contributed by atoms with van der Waals surface area (Å²) in [6, 6.07) is 8.34. The number of benzene rings is 1. The van der Waals surface area contributed by atoms with Gasteiger partial charge in [0.15, 0.2) is 5.82 Å². The molecule has 0 bridgehead atoms. The maximum atomic E-state index is 5.99. The van der Waals surface area contributed by atoms with Gasteiger partial charge in [-0.15, -0.1) is 0 Å². The standard InChI is InChI=1S/C14H18N4O/c1-10-5-4-6-11(7-10)8-18(2)13-12(15)14(19-3)17-9-16-13/h4-7,9H,8,15H2,1-3H3. The van der Waals surface area contributed by atoms with Crippen LogP contribution in [0, 0.1) is 6.92 Å². The van der Waals surface area contributed by atoms with Crippen LogP contribution < -0.4 is 15.4 Å². The summed E-state index contributed by atoms with van der Waals surface area (Å²) < 4.78 is 5.10. The third kappa shape index (κ3) is 2.93. The molecule has 0 saturated carbocycles. The van der Waals surface area contributed by atoms with Gasteiger partial charge in [0.1, 0.15) is 12.0 Å². The van der Waals surface area contributed by atoms with E-state index >= 15 is 0 Å². The summed E-state index contributed by atoms with van der Waals surface area (Å²) in [5, 5.41) is 0. The van der Waals surface area contributed by atoms with Crippen molar-refractivity contribution >= 4 is 11.5 Å². The lowest BCUT2D eigenvalue weighted by atomic mass is 10.1. The van der Waals surface area contributed by atoms with Crippen molar-refractivity contribution in [3.63, 3.8) is 0 Å². The number of nitrogen functional groups attached to an aromatic ring is 1. The highest BCUT2D eigenvalue weighted by Crippen LogP contribution is 2.27. The second-order valence-electron chi connectivity index (χ2n) is 4.47. The van der Waals surface area contributed by atoms with E-state index in [9.17, 15) is 0 Å². The molecule has 2 rings (SSSR count). The molecule has 2 aromatic rings. The average molecular weight is 258 g/mol. The van der Waals surface area contributed by atoms with Crippen molar-refractivity contribution in [1.82, 2.24) is 9.97 Å². The minimum absolute atomic E-state index is 0.404. The second kappa shape index (κ2) is 5.56. The Kier molecular flexibility index (Phi) is 3.85. The monoisotopic (exact) mass is 258 g/mol. The van der Waals surface area contributed by atoms with Crippen molar-refractivity contribution in [1.29, 1.82) is 0 Å². The van der Waals surface area contributed by atoms with Crippen molar-refractivity contribution in [2.75, 3.05) is 24.8 Å². The quantitative estimate of drug-likeness (QED) is 0.908. The summed E-state index contributed by atoms with van der Waals surface area (Å²) in [6.45, 7) is 2.80. The molecule has 1 aromatic heterocycles. The number of methoxy groups -OCH3 is 1. The molecule has 0 aliphatic rings. The molecule has 5 heteroatoms. The summed E-state index contributed by atoms with van der Waals surface area (Å²) in [5.41, 5.74) is 8.89. The first-order valence-corrected chi connectivity index (χ1v) is 6.03. The van der Waals surface area contributed by atoms with E-state index in [1.807, 2.05) is 18.0 Å². The zero-order chi connectivity index (χ0) is 13.8. The molecule has 2 N–H and O–H groups in total. The van der Waals surface area contributed by atoms with Gasteiger partial charge in [0.2, 0.25) is 5.88 Å². The second-order valence-corrected chi connectivity index (χ2v) is 4.47. The number of anilines is 2. The van der Waals surface area contributed by atoms with Crippen LogP contribution in [0.2, 0.25) is 0 Å². The summed E-state index contributed by atoms with van der Waals surface area (Å²) in [7, 11) is 3.49. The molecule has 0 fully saturated rings. The molecule has 0 amide bonds. The van der Waals surface area contributed by atoms with Crippen molar-refractivity contribution in [3.8, 4) is 5.88 Å². The summed E-state index contributed by atoms with van der Waals surface area (Å²) in [5.74, 6) is 1.08. The van der Waals surface area contributed by atoms with E-state index in [-0.39, 0.29) is 0 Å². The number of nitrogens with two attached hydrogens (primary N) is 1. The number of nitrogens with zero attached hydrogens (tertiary/aromatic N) is 3. The average Bonchev–Trinajstić information content (AvgIpc) is 2.39. The van der Waals surface area contributed by atoms with Crippen LogP contribution in [-0.4, -0.2) is 24.1 Å². The predicted molar refractivity (Wildman–Crippen MR) is 76.3 cm³/mol. The third-order valence-electron chi connectivity index (χ3n) is 2.88. The van der Waals surface area contributed by atoms with Gasteiger partial charge < -0.3 is 15.4 Å². The smallest absolute Gasteiger partial charge is 0.242 e.